The number of carboxylic acids is 2. The molecular weight excluding hydrogens is 1540 g/mol. The number of unbranched alkanes of at least 4 members (excludes halogenated alkanes) is 25. The fraction of sp³-hybridized carbons (Fsp3) is 0.897. The number of hydrogen-bond acceptors (Lipinski definition) is 32. The second-order valence-corrected chi connectivity index (χ2v) is 31.4. The number of carboxylic acid groups (broad SMARTS) is 2. The van der Waals surface area contributed by atoms with Crippen molar-refractivity contribution < 1.29 is 168 Å². The molecule has 5 heterocycles. The second-order valence-electron chi connectivity index (χ2n) is 31.4. The van der Waals surface area contributed by atoms with Gasteiger partial charge in [0.15, 0.2) is 18.9 Å². The molecule has 0 aromatic rings. The highest BCUT2D eigenvalue weighted by Gasteiger charge is 2.64. The van der Waals surface area contributed by atoms with E-state index in [1.807, 2.05) is 0 Å². The first-order chi connectivity index (χ1) is 55.3. The Morgan fingerprint density at radius 3 is 1.37 bits per heavy atom. The van der Waals surface area contributed by atoms with Crippen LogP contribution in [0.2, 0.25) is 0 Å². The van der Waals surface area contributed by atoms with Gasteiger partial charge in [-0.1, -0.05) is 180 Å². The molecule has 29 atom stereocenters. The fourth-order valence-electron chi connectivity index (χ4n) is 15.4. The van der Waals surface area contributed by atoms with Crippen molar-refractivity contribution in [3.63, 3.8) is 0 Å². The lowest BCUT2D eigenvalue weighted by Crippen LogP contribution is -2.72. The molecule has 5 aliphatic rings. The summed E-state index contributed by atoms with van der Waals surface area (Å²) < 4.78 is 59.9. The van der Waals surface area contributed by atoms with E-state index in [4.69, 9.17) is 47.4 Å². The fourth-order valence-corrected chi connectivity index (χ4v) is 15.4. The van der Waals surface area contributed by atoms with Crippen LogP contribution in [-0.2, 0) is 76.1 Å². The van der Waals surface area contributed by atoms with Crippen LogP contribution < -0.4 is 21.3 Å². The third-order valence-corrected chi connectivity index (χ3v) is 22.0. The average molecular weight is 1680 g/mol. The van der Waals surface area contributed by atoms with E-state index in [1.54, 1.807) is 6.08 Å². The van der Waals surface area contributed by atoms with Gasteiger partial charge in [-0.05, 0) is 19.3 Å². The van der Waals surface area contributed by atoms with Crippen molar-refractivity contribution in [2.45, 2.75) is 404 Å². The first-order valence-electron chi connectivity index (χ1n) is 41.7. The van der Waals surface area contributed by atoms with Crippen LogP contribution in [0.3, 0.4) is 0 Å². The van der Waals surface area contributed by atoms with E-state index in [9.17, 15) is 121 Å². The highest BCUT2D eigenvalue weighted by molar-refractivity contribution is 5.78. The first-order valence-corrected chi connectivity index (χ1v) is 41.7. The zero-order valence-electron chi connectivity index (χ0n) is 67.8. The maximum Gasteiger partial charge on any atom is 0.364 e. The smallest absolute Gasteiger partial charge is 0.364 e. The van der Waals surface area contributed by atoms with Crippen LogP contribution in [0.1, 0.15) is 227 Å². The molecule has 0 saturated carbocycles. The monoisotopic (exact) mass is 1670 g/mol. The number of aliphatic carboxylic acids is 2. The van der Waals surface area contributed by atoms with Gasteiger partial charge in [-0.2, -0.15) is 0 Å². The number of aliphatic hydroxyl groups is 16. The number of rotatable bonds is 56. The minimum Gasteiger partial charge on any atom is -0.477 e. The average Bonchev–Trinajstić information content (AvgIpc) is 0.745. The van der Waals surface area contributed by atoms with E-state index in [1.165, 1.54) is 102 Å². The number of nitrogens with one attached hydrogen (secondary N) is 4. The molecule has 29 unspecified atom stereocenters. The molecule has 38 nitrogen and oxygen atoms in total. The van der Waals surface area contributed by atoms with Crippen molar-refractivity contribution in [2.24, 2.45) is 0 Å². The third kappa shape index (κ3) is 30.8. The molecule has 0 aliphatic carbocycles. The summed E-state index contributed by atoms with van der Waals surface area (Å²) in [4.78, 5) is 79.1. The van der Waals surface area contributed by atoms with Gasteiger partial charge in [0.25, 0.3) is 11.6 Å². The van der Waals surface area contributed by atoms with Gasteiger partial charge in [0.1, 0.15) is 110 Å². The summed E-state index contributed by atoms with van der Waals surface area (Å²) in [6.45, 7) is 0.518. The van der Waals surface area contributed by atoms with Crippen LogP contribution in [0, 0.1) is 0 Å². The van der Waals surface area contributed by atoms with Crippen LogP contribution in [0.4, 0.5) is 0 Å². The van der Waals surface area contributed by atoms with E-state index in [0.717, 1.165) is 85.0 Å². The standard InChI is InChI=1S/C78H138N4O34/c1-6-8-10-12-14-16-18-20-21-23-25-27-29-31-33-35-56(95)82-47(48(91)34-32-30-28-26-24-22-19-17-15-13-11-9-7-2)43-107-73-65(101)64(100)67(54(41-86)109-73)111-74-66(102)71(68(55(42-87)110-74)112-72-59(81-46(5)90)63(99)61(97)52(39-84)108-72)116-78(76(105)106)37-50(93)58(80-45(4)89)70(115-78)62(98)53(40-85)113-77(75(103)104)36-49(92)57(79-44(3)88)69(114-77)60(96)51(94)38-83/h32,34,47-55,57-74,83-87,91-94,96-102H,6-31,33,35-43H2,1-5H3,(H,79,88)(H,80,89)(H,81,90)(H,82,95)(H,103,104)(H,105,106). The van der Waals surface area contributed by atoms with Gasteiger partial charge in [-0.15, -0.1) is 0 Å². The lowest BCUT2D eigenvalue weighted by Gasteiger charge is -2.52. The minimum absolute atomic E-state index is 0.113. The Morgan fingerprint density at radius 2 is 0.897 bits per heavy atom. The highest BCUT2D eigenvalue weighted by Crippen LogP contribution is 2.42. The Kier molecular flexibility index (Phi) is 46.4. The van der Waals surface area contributed by atoms with Crippen molar-refractivity contribution in [1.29, 1.82) is 0 Å². The number of carbonyl (C=O) groups excluding carboxylic acids is 4. The van der Waals surface area contributed by atoms with Crippen molar-refractivity contribution in [3.05, 3.63) is 12.2 Å². The molecular formula is C78H138N4O34. The molecule has 5 fully saturated rings. The number of hydrogen-bond donors (Lipinski definition) is 22. The molecule has 5 aliphatic heterocycles. The van der Waals surface area contributed by atoms with Crippen molar-refractivity contribution in [1.82, 2.24) is 21.3 Å². The van der Waals surface area contributed by atoms with Crippen LogP contribution >= 0.6 is 0 Å². The molecule has 0 aromatic heterocycles. The lowest BCUT2D eigenvalue weighted by atomic mass is 9.87. The van der Waals surface area contributed by atoms with E-state index >= 15 is 0 Å². The predicted octanol–water partition coefficient (Wildman–Crippen LogP) is -1.69. The molecule has 5 rings (SSSR count). The normalized spacial score (nSPS) is 33.3. The molecule has 38 heteroatoms. The molecule has 674 valence electrons. The molecule has 22 N–H and O–H groups in total. The molecule has 5 saturated heterocycles. The van der Waals surface area contributed by atoms with Gasteiger partial charge in [-0.25, -0.2) is 9.59 Å². The van der Waals surface area contributed by atoms with Gasteiger partial charge in [0.05, 0.1) is 76.1 Å². The Morgan fingerprint density at radius 1 is 0.466 bits per heavy atom. The molecule has 116 heavy (non-hydrogen) atoms. The summed E-state index contributed by atoms with van der Waals surface area (Å²) in [7, 11) is 0. The quantitative estimate of drug-likeness (QED) is 0.0239. The van der Waals surface area contributed by atoms with Gasteiger partial charge in [-0.3, -0.25) is 19.2 Å². The van der Waals surface area contributed by atoms with Crippen LogP contribution in [-0.4, -0.2) is 344 Å². The number of amides is 4. The predicted molar refractivity (Wildman–Crippen MR) is 407 cm³/mol. The lowest BCUT2D eigenvalue weighted by molar-refractivity contribution is -0.402. The summed E-state index contributed by atoms with van der Waals surface area (Å²) in [6, 6.07) is -6.82. The summed E-state index contributed by atoms with van der Waals surface area (Å²) in [5, 5.41) is 213. The number of allylic oxidation sites excluding steroid dienone is 1. The van der Waals surface area contributed by atoms with Crippen molar-refractivity contribution in [3.8, 4) is 0 Å². The summed E-state index contributed by atoms with van der Waals surface area (Å²) in [5.74, 6) is -14.6. The Hall–Kier alpha value is -4.48. The van der Waals surface area contributed by atoms with Crippen molar-refractivity contribution >= 4 is 35.6 Å². The Labute approximate surface area is 678 Å². The van der Waals surface area contributed by atoms with E-state index in [-0.39, 0.29) is 6.42 Å². The maximum atomic E-state index is 14.2. The summed E-state index contributed by atoms with van der Waals surface area (Å²) in [6.07, 6.45) is -19.4. The number of ether oxygens (including phenoxy) is 10. The van der Waals surface area contributed by atoms with Gasteiger partial charge in [0.2, 0.25) is 23.6 Å². The Balaban J connectivity index is 1.44. The van der Waals surface area contributed by atoms with E-state index in [0.29, 0.717) is 12.8 Å². The SMILES string of the molecule is CCCCCCCCCCCCCC=CC(O)C(COC1OC(CO)C(OC2OC(CO)C(OC3OC(CO)C(O)C(O)C3NC(C)=O)C(OC3(C(=O)O)CC(O)C(NC(C)=O)C(C(O)C(CO)OC4(C(=O)O)CC(O)C(NC(C)=O)C(C(O)C(O)CO)O4)O3)C2O)C(O)C1O)NC(=O)CCCCCCCCCCCCCCCCC. The Bertz CT molecular complexity index is 2860. The number of aliphatic hydroxyl groups excluding tert-OH is 16. The highest BCUT2D eigenvalue weighted by atomic mass is 16.8. The molecule has 4 amide bonds. The minimum atomic E-state index is -3.59. The van der Waals surface area contributed by atoms with Gasteiger partial charge < -0.3 is 161 Å². The van der Waals surface area contributed by atoms with Crippen LogP contribution in [0.25, 0.3) is 0 Å². The molecule has 0 aromatic carbocycles. The van der Waals surface area contributed by atoms with Crippen LogP contribution in [0.15, 0.2) is 12.2 Å². The zero-order valence-corrected chi connectivity index (χ0v) is 67.8. The van der Waals surface area contributed by atoms with Crippen molar-refractivity contribution in [2.75, 3.05) is 39.6 Å². The molecule has 0 spiro atoms. The largest absolute Gasteiger partial charge is 0.477 e. The zero-order chi connectivity index (χ0) is 85.8. The van der Waals surface area contributed by atoms with E-state index in [2.05, 4.69) is 35.1 Å². The second kappa shape index (κ2) is 52.8. The summed E-state index contributed by atoms with van der Waals surface area (Å²) in [5.41, 5.74) is 0. The summed E-state index contributed by atoms with van der Waals surface area (Å²) >= 11 is 0. The van der Waals surface area contributed by atoms with Crippen LogP contribution in [0.5, 0.6) is 0 Å². The first kappa shape index (κ1) is 102. The maximum absolute atomic E-state index is 14.2. The number of carbonyl (C=O) groups is 6. The van der Waals surface area contributed by atoms with Gasteiger partial charge in [0, 0.05) is 40.0 Å². The molecule has 0 radical (unpaired) electrons. The van der Waals surface area contributed by atoms with E-state index < -0.39 is 265 Å². The third-order valence-electron chi connectivity index (χ3n) is 22.0. The molecule has 0 bridgehead atoms. The van der Waals surface area contributed by atoms with Gasteiger partial charge >= 0.3 is 11.9 Å². The topological polar surface area (TPSA) is 607 Å².